The number of benzene rings is 2. The van der Waals surface area contributed by atoms with Crippen molar-refractivity contribution >= 4 is 77.1 Å². The number of sulfonamides is 2. The fourth-order valence-electron chi connectivity index (χ4n) is 2.28. The minimum atomic E-state index is -3.77. The summed E-state index contributed by atoms with van der Waals surface area (Å²) in [5, 5.41) is 1.35. The van der Waals surface area contributed by atoms with Gasteiger partial charge in [0.1, 0.15) is 0 Å². The second-order valence-corrected chi connectivity index (χ2v) is 12.1. The van der Waals surface area contributed by atoms with Crippen LogP contribution in [-0.4, -0.2) is 52.8 Å². The molecule has 0 saturated heterocycles. The Hall–Kier alpha value is -1.44. The van der Waals surface area contributed by atoms with Crippen LogP contribution >= 0.6 is 46.7 Å². The number of thioether (sulfide) groups is 2. The minimum absolute atomic E-state index is 0.0795. The van der Waals surface area contributed by atoms with Crippen molar-refractivity contribution in [3.8, 4) is 0 Å². The summed E-state index contributed by atoms with van der Waals surface area (Å²) in [5.41, 5.74) is 0. The standard InChI is InChI=1S/C19H22Cl2N4O4S4/c1-30-18(24-32(26,27)16-8-4-14(20)5-9-16)22-12-3-13-23-19(31-2)25-33(28,29)17-10-6-15(21)7-11-17/h4-11H,3,12-13H2,1-2H3,(H,22,24)(H,23,25). The van der Waals surface area contributed by atoms with Crippen molar-refractivity contribution < 1.29 is 16.8 Å². The van der Waals surface area contributed by atoms with E-state index in [1.54, 1.807) is 12.5 Å². The topological polar surface area (TPSA) is 117 Å². The van der Waals surface area contributed by atoms with E-state index in [1.807, 2.05) is 0 Å². The molecule has 2 aromatic carbocycles. The second-order valence-electron chi connectivity index (χ2n) is 6.25. The van der Waals surface area contributed by atoms with Crippen molar-refractivity contribution in [2.24, 2.45) is 9.98 Å². The maximum absolute atomic E-state index is 12.5. The Morgan fingerprint density at radius 2 is 1.06 bits per heavy atom. The smallest absolute Gasteiger partial charge is 0.262 e. The summed E-state index contributed by atoms with van der Waals surface area (Å²) < 4.78 is 54.7. The first-order chi connectivity index (χ1) is 15.6. The van der Waals surface area contributed by atoms with Gasteiger partial charge in [-0.2, -0.15) is 0 Å². The lowest BCUT2D eigenvalue weighted by Gasteiger charge is -2.10. The zero-order chi connectivity index (χ0) is 24.5. The van der Waals surface area contributed by atoms with E-state index < -0.39 is 20.0 Å². The molecule has 0 saturated carbocycles. The summed E-state index contributed by atoms with van der Waals surface area (Å²) in [5.74, 6) is 0. The van der Waals surface area contributed by atoms with Crippen molar-refractivity contribution in [1.29, 1.82) is 0 Å². The highest BCUT2D eigenvalue weighted by Gasteiger charge is 2.17. The summed E-state index contributed by atoms with van der Waals surface area (Å²) in [6.45, 7) is 0.600. The first kappa shape index (κ1) is 27.8. The molecule has 2 aromatic rings. The van der Waals surface area contributed by atoms with Gasteiger partial charge in [-0.25, -0.2) is 16.8 Å². The summed E-state index contributed by atoms with van der Waals surface area (Å²) in [7, 11) is -7.55. The predicted octanol–water partition coefficient (Wildman–Crippen LogP) is 4.08. The molecule has 0 atom stereocenters. The van der Waals surface area contributed by atoms with Gasteiger partial charge >= 0.3 is 0 Å². The zero-order valence-corrected chi connectivity index (χ0v) is 22.4. The Labute approximate surface area is 212 Å². The third-order valence-electron chi connectivity index (χ3n) is 3.90. The SMILES string of the molecule is CSC(=NCCCN=C(NS(=O)(=O)c1ccc(Cl)cc1)SC)NS(=O)(=O)c1ccc(Cl)cc1. The van der Waals surface area contributed by atoms with E-state index >= 15 is 0 Å². The molecule has 0 radical (unpaired) electrons. The molecule has 0 fully saturated rings. The number of aliphatic imine (C=N–C) groups is 2. The molecular formula is C19H22Cl2N4O4S4. The maximum Gasteiger partial charge on any atom is 0.263 e. The molecule has 0 unspecified atom stereocenters. The molecule has 0 bridgehead atoms. The molecule has 180 valence electrons. The van der Waals surface area contributed by atoms with E-state index in [2.05, 4.69) is 19.4 Å². The Bertz CT molecular complexity index is 1110. The normalized spacial score (nSPS) is 13.1. The van der Waals surface area contributed by atoms with Crippen LogP contribution in [0, 0.1) is 0 Å². The van der Waals surface area contributed by atoms with Crippen LogP contribution in [-0.2, 0) is 20.0 Å². The summed E-state index contributed by atoms with van der Waals surface area (Å²) in [6.07, 6.45) is 3.90. The fourth-order valence-corrected chi connectivity index (χ4v) is 6.12. The van der Waals surface area contributed by atoms with Gasteiger partial charge in [0.25, 0.3) is 20.0 Å². The minimum Gasteiger partial charge on any atom is -0.262 e. The molecule has 0 aliphatic heterocycles. The summed E-state index contributed by atoms with van der Waals surface area (Å²) in [4.78, 5) is 8.68. The van der Waals surface area contributed by atoms with E-state index in [9.17, 15) is 16.8 Å². The quantitative estimate of drug-likeness (QED) is 0.281. The summed E-state index contributed by atoms with van der Waals surface area (Å²) in [6, 6.07) is 11.6. The van der Waals surface area contributed by atoms with Gasteiger partial charge in [-0.1, -0.05) is 46.7 Å². The van der Waals surface area contributed by atoms with Gasteiger partial charge in [0.2, 0.25) is 0 Å². The van der Waals surface area contributed by atoms with Gasteiger partial charge in [0, 0.05) is 23.1 Å². The predicted molar refractivity (Wildman–Crippen MR) is 140 cm³/mol. The number of hydrogen-bond donors (Lipinski definition) is 2. The first-order valence-electron chi connectivity index (χ1n) is 9.31. The molecular weight excluding hydrogens is 547 g/mol. The molecule has 0 aromatic heterocycles. The number of hydrogen-bond acceptors (Lipinski definition) is 8. The molecule has 0 aliphatic carbocycles. The Kier molecular flexibility index (Phi) is 10.8. The van der Waals surface area contributed by atoms with Crippen LogP contribution in [0.4, 0.5) is 0 Å². The van der Waals surface area contributed by atoms with E-state index in [0.29, 0.717) is 29.6 Å². The van der Waals surface area contributed by atoms with Crippen molar-refractivity contribution in [3.05, 3.63) is 58.6 Å². The van der Waals surface area contributed by atoms with Crippen molar-refractivity contribution in [1.82, 2.24) is 9.44 Å². The van der Waals surface area contributed by atoms with E-state index in [-0.39, 0.29) is 20.1 Å². The average molecular weight is 570 g/mol. The van der Waals surface area contributed by atoms with Crippen molar-refractivity contribution in [3.63, 3.8) is 0 Å². The lowest BCUT2D eigenvalue weighted by molar-refractivity contribution is 0.591. The number of amidine groups is 2. The Morgan fingerprint density at radius 3 is 1.36 bits per heavy atom. The van der Waals surface area contributed by atoms with Gasteiger partial charge in [0.05, 0.1) is 9.79 Å². The van der Waals surface area contributed by atoms with Crippen molar-refractivity contribution in [2.45, 2.75) is 16.2 Å². The molecule has 33 heavy (non-hydrogen) atoms. The molecule has 0 aliphatic rings. The lowest BCUT2D eigenvalue weighted by Crippen LogP contribution is -2.29. The third-order valence-corrected chi connectivity index (χ3v) is 8.61. The van der Waals surface area contributed by atoms with Crippen LogP contribution in [0.1, 0.15) is 6.42 Å². The number of rotatable bonds is 8. The summed E-state index contributed by atoms with van der Waals surface area (Å²) >= 11 is 13.9. The third kappa shape index (κ3) is 9.02. The number of nitrogens with one attached hydrogen (secondary N) is 2. The van der Waals surface area contributed by atoms with Crippen LogP contribution < -0.4 is 9.44 Å². The molecule has 0 heterocycles. The fraction of sp³-hybridized carbons (Fsp3) is 0.263. The van der Waals surface area contributed by atoms with Crippen LogP contribution in [0.25, 0.3) is 0 Å². The van der Waals surface area contributed by atoms with Crippen LogP contribution in [0.5, 0.6) is 0 Å². The largest absolute Gasteiger partial charge is 0.263 e. The highest BCUT2D eigenvalue weighted by Crippen LogP contribution is 2.16. The average Bonchev–Trinajstić information content (AvgIpc) is 2.77. The van der Waals surface area contributed by atoms with Gasteiger partial charge < -0.3 is 0 Å². The highest BCUT2D eigenvalue weighted by atomic mass is 35.5. The zero-order valence-electron chi connectivity index (χ0n) is 17.7. The highest BCUT2D eigenvalue weighted by molar-refractivity contribution is 8.14. The lowest BCUT2D eigenvalue weighted by atomic mass is 10.4. The molecule has 2 N–H and O–H groups in total. The van der Waals surface area contributed by atoms with Crippen molar-refractivity contribution in [2.75, 3.05) is 25.6 Å². The van der Waals surface area contributed by atoms with Crippen LogP contribution in [0.15, 0.2) is 68.3 Å². The molecule has 0 spiro atoms. The van der Waals surface area contributed by atoms with Gasteiger partial charge in [-0.15, -0.1) is 0 Å². The molecule has 0 amide bonds. The number of nitrogens with zero attached hydrogens (tertiary/aromatic N) is 2. The van der Waals surface area contributed by atoms with E-state index in [0.717, 1.165) is 23.5 Å². The second kappa shape index (κ2) is 12.9. The number of halogens is 2. The Morgan fingerprint density at radius 1 is 0.727 bits per heavy atom. The molecule has 14 heteroatoms. The first-order valence-corrected chi connectivity index (χ1v) is 15.5. The van der Waals surface area contributed by atoms with Gasteiger partial charge in [0.15, 0.2) is 10.3 Å². The van der Waals surface area contributed by atoms with Crippen LogP contribution in [0.3, 0.4) is 0 Å². The maximum atomic E-state index is 12.5. The monoisotopic (exact) mass is 568 g/mol. The molecule has 2 rings (SSSR count). The molecule has 8 nitrogen and oxygen atoms in total. The Balaban J connectivity index is 1.93. The van der Waals surface area contributed by atoms with Crippen LogP contribution in [0.2, 0.25) is 10.0 Å². The van der Waals surface area contributed by atoms with E-state index in [1.165, 1.54) is 48.5 Å². The van der Waals surface area contributed by atoms with Gasteiger partial charge in [-0.05, 0) is 67.5 Å². The van der Waals surface area contributed by atoms with Gasteiger partial charge in [-0.3, -0.25) is 19.4 Å². The van der Waals surface area contributed by atoms with E-state index in [4.69, 9.17) is 23.2 Å².